The molecule has 3 aromatic rings. The topological polar surface area (TPSA) is 97.6 Å². The monoisotopic (exact) mass is 412 g/mol. The first-order chi connectivity index (χ1) is 14.0. The number of aromatic nitrogens is 2. The SMILES string of the molecule is COc1ccc(N2C[C@H](c3nnc(NC(=O)c4cccc(Cl)c4)o3)CC2=O)cc1. The summed E-state index contributed by atoms with van der Waals surface area (Å²) in [4.78, 5) is 26.4. The van der Waals surface area contributed by atoms with E-state index in [4.69, 9.17) is 20.8 Å². The zero-order valence-corrected chi connectivity index (χ0v) is 16.2. The summed E-state index contributed by atoms with van der Waals surface area (Å²) in [5.74, 6) is 0.312. The van der Waals surface area contributed by atoms with Gasteiger partial charge in [-0.05, 0) is 42.5 Å². The summed E-state index contributed by atoms with van der Waals surface area (Å²) in [6, 6.07) is 13.7. The summed E-state index contributed by atoms with van der Waals surface area (Å²) >= 11 is 5.90. The molecule has 0 aliphatic carbocycles. The summed E-state index contributed by atoms with van der Waals surface area (Å²) in [5.41, 5.74) is 1.14. The van der Waals surface area contributed by atoms with Crippen molar-refractivity contribution in [1.82, 2.24) is 10.2 Å². The van der Waals surface area contributed by atoms with E-state index in [9.17, 15) is 9.59 Å². The van der Waals surface area contributed by atoms with Crippen molar-refractivity contribution in [2.75, 3.05) is 23.9 Å². The van der Waals surface area contributed by atoms with E-state index < -0.39 is 5.91 Å². The fourth-order valence-electron chi connectivity index (χ4n) is 3.13. The second-order valence-corrected chi connectivity index (χ2v) is 6.95. The van der Waals surface area contributed by atoms with E-state index in [0.29, 0.717) is 28.8 Å². The van der Waals surface area contributed by atoms with E-state index >= 15 is 0 Å². The molecule has 1 aliphatic heterocycles. The number of hydrogen-bond acceptors (Lipinski definition) is 6. The van der Waals surface area contributed by atoms with Gasteiger partial charge in [0.1, 0.15) is 5.75 Å². The van der Waals surface area contributed by atoms with Crippen LogP contribution in [0, 0.1) is 0 Å². The summed E-state index contributed by atoms with van der Waals surface area (Å²) in [7, 11) is 1.59. The molecule has 0 unspecified atom stereocenters. The van der Waals surface area contributed by atoms with Crippen LogP contribution in [0.5, 0.6) is 5.75 Å². The van der Waals surface area contributed by atoms with Crippen molar-refractivity contribution in [2.45, 2.75) is 12.3 Å². The molecule has 1 saturated heterocycles. The van der Waals surface area contributed by atoms with Crippen LogP contribution < -0.4 is 15.0 Å². The third-order valence-corrected chi connectivity index (χ3v) is 4.84. The van der Waals surface area contributed by atoms with Crippen LogP contribution in [0.4, 0.5) is 11.7 Å². The van der Waals surface area contributed by atoms with Gasteiger partial charge in [-0.2, -0.15) is 0 Å². The van der Waals surface area contributed by atoms with E-state index in [-0.39, 0.29) is 24.3 Å². The lowest BCUT2D eigenvalue weighted by Gasteiger charge is -2.16. The molecule has 29 heavy (non-hydrogen) atoms. The molecule has 9 heteroatoms. The Morgan fingerprint density at radius 3 is 2.76 bits per heavy atom. The first-order valence-corrected chi connectivity index (χ1v) is 9.26. The van der Waals surface area contributed by atoms with E-state index in [1.165, 1.54) is 6.07 Å². The van der Waals surface area contributed by atoms with Crippen molar-refractivity contribution in [3.05, 3.63) is 65.0 Å². The molecule has 0 radical (unpaired) electrons. The van der Waals surface area contributed by atoms with Gasteiger partial charge in [0.2, 0.25) is 11.8 Å². The number of carbonyl (C=O) groups excluding carboxylic acids is 2. The summed E-state index contributed by atoms with van der Waals surface area (Å²) in [6.07, 6.45) is 0.246. The largest absolute Gasteiger partial charge is 0.497 e. The van der Waals surface area contributed by atoms with Crippen LogP contribution in [-0.4, -0.2) is 35.7 Å². The third kappa shape index (κ3) is 4.07. The van der Waals surface area contributed by atoms with Crippen LogP contribution in [0.1, 0.15) is 28.6 Å². The number of carbonyl (C=O) groups is 2. The highest BCUT2D eigenvalue weighted by molar-refractivity contribution is 6.31. The van der Waals surface area contributed by atoms with Gasteiger partial charge >= 0.3 is 6.01 Å². The summed E-state index contributed by atoms with van der Waals surface area (Å²) in [5, 5.41) is 10.9. The predicted octanol–water partition coefficient (Wildman–Crippen LogP) is 3.50. The Kier molecular flexibility index (Phi) is 5.18. The Labute approximate surface area is 171 Å². The predicted molar refractivity (Wildman–Crippen MR) is 106 cm³/mol. The number of benzene rings is 2. The lowest BCUT2D eigenvalue weighted by Crippen LogP contribution is -2.24. The molecule has 8 nitrogen and oxygen atoms in total. The van der Waals surface area contributed by atoms with Gasteiger partial charge in [-0.15, -0.1) is 5.10 Å². The van der Waals surface area contributed by atoms with Gasteiger partial charge < -0.3 is 14.1 Å². The molecule has 4 rings (SSSR count). The number of methoxy groups -OCH3 is 1. The Bertz CT molecular complexity index is 1050. The molecule has 1 fully saturated rings. The van der Waals surface area contributed by atoms with Crippen LogP contribution in [0.3, 0.4) is 0 Å². The maximum absolute atomic E-state index is 12.4. The van der Waals surface area contributed by atoms with Crippen molar-refractivity contribution in [3.8, 4) is 5.75 Å². The number of rotatable bonds is 5. The van der Waals surface area contributed by atoms with Gasteiger partial charge in [0.15, 0.2) is 0 Å². The molecule has 0 spiro atoms. The number of halogens is 1. The quantitative estimate of drug-likeness (QED) is 0.688. The summed E-state index contributed by atoms with van der Waals surface area (Å²) < 4.78 is 10.7. The standard InChI is InChI=1S/C20H17ClN4O4/c1-28-16-7-5-15(6-8-16)25-11-13(10-17(25)26)19-23-24-20(29-19)22-18(27)12-3-2-4-14(21)9-12/h2-9,13H,10-11H2,1H3,(H,22,24,27)/t13-/m1/s1. The zero-order chi connectivity index (χ0) is 20.4. The van der Waals surface area contributed by atoms with Gasteiger partial charge in [0.25, 0.3) is 5.91 Å². The number of nitrogens with zero attached hydrogens (tertiary/aromatic N) is 3. The maximum Gasteiger partial charge on any atom is 0.322 e. The molecule has 1 aromatic heterocycles. The average molecular weight is 413 g/mol. The minimum atomic E-state index is -0.412. The van der Waals surface area contributed by atoms with Crippen LogP contribution >= 0.6 is 11.6 Å². The van der Waals surface area contributed by atoms with Crippen LogP contribution in [0.15, 0.2) is 52.9 Å². The van der Waals surface area contributed by atoms with Gasteiger partial charge in [-0.1, -0.05) is 22.8 Å². The maximum atomic E-state index is 12.4. The lowest BCUT2D eigenvalue weighted by atomic mass is 10.1. The Balaban J connectivity index is 1.44. The fourth-order valence-corrected chi connectivity index (χ4v) is 3.32. The Morgan fingerprint density at radius 1 is 1.24 bits per heavy atom. The number of ether oxygens (including phenoxy) is 1. The van der Waals surface area contributed by atoms with Crippen LogP contribution in [-0.2, 0) is 4.79 Å². The van der Waals surface area contributed by atoms with Crippen LogP contribution in [0.2, 0.25) is 5.02 Å². The van der Waals surface area contributed by atoms with Crippen molar-refractivity contribution in [3.63, 3.8) is 0 Å². The number of nitrogens with one attached hydrogen (secondary N) is 1. The van der Waals surface area contributed by atoms with Gasteiger partial charge in [-0.3, -0.25) is 14.9 Å². The van der Waals surface area contributed by atoms with E-state index in [0.717, 1.165) is 5.69 Å². The first kappa shape index (κ1) is 18.9. The fraction of sp³-hybridized carbons (Fsp3) is 0.200. The summed E-state index contributed by atoms with van der Waals surface area (Å²) in [6.45, 7) is 0.412. The molecule has 2 amide bonds. The molecular weight excluding hydrogens is 396 g/mol. The second kappa shape index (κ2) is 7.92. The Morgan fingerprint density at radius 2 is 2.03 bits per heavy atom. The van der Waals surface area contributed by atoms with Crippen molar-refractivity contribution >= 4 is 35.1 Å². The van der Waals surface area contributed by atoms with Crippen molar-refractivity contribution < 1.29 is 18.7 Å². The molecule has 0 saturated carbocycles. The molecule has 2 aromatic carbocycles. The molecule has 0 bridgehead atoms. The van der Waals surface area contributed by atoms with Gasteiger partial charge in [0, 0.05) is 29.2 Å². The minimum absolute atomic E-state index is 0.0275. The molecule has 1 atom stereocenters. The second-order valence-electron chi connectivity index (χ2n) is 6.51. The lowest BCUT2D eigenvalue weighted by molar-refractivity contribution is -0.117. The highest BCUT2D eigenvalue weighted by Crippen LogP contribution is 2.32. The van der Waals surface area contributed by atoms with Crippen LogP contribution in [0.25, 0.3) is 0 Å². The average Bonchev–Trinajstić information content (AvgIpc) is 3.34. The highest BCUT2D eigenvalue weighted by Gasteiger charge is 2.35. The van der Waals surface area contributed by atoms with E-state index in [2.05, 4.69) is 15.5 Å². The van der Waals surface area contributed by atoms with Gasteiger partial charge in [-0.25, -0.2) is 0 Å². The minimum Gasteiger partial charge on any atom is -0.497 e. The number of amides is 2. The smallest absolute Gasteiger partial charge is 0.322 e. The third-order valence-electron chi connectivity index (χ3n) is 4.61. The molecule has 148 valence electrons. The van der Waals surface area contributed by atoms with E-state index in [1.54, 1.807) is 42.3 Å². The number of anilines is 2. The number of hydrogen-bond donors (Lipinski definition) is 1. The molecule has 1 N–H and O–H groups in total. The highest BCUT2D eigenvalue weighted by atomic mass is 35.5. The molecule has 1 aliphatic rings. The Hall–Kier alpha value is -3.39. The van der Waals surface area contributed by atoms with E-state index in [1.807, 2.05) is 12.1 Å². The van der Waals surface area contributed by atoms with Crippen molar-refractivity contribution in [1.29, 1.82) is 0 Å². The molecule has 2 heterocycles. The zero-order valence-electron chi connectivity index (χ0n) is 15.5. The normalized spacial score (nSPS) is 16.1. The van der Waals surface area contributed by atoms with Gasteiger partial charge in [0.05, 0.1) is 13.0 Å². The van der Waals surface area contributed by atoms with Crippen molar-refractivity contribution in [2.24, 2.45) is 0 Å². The first-order valence-electron chi connectivity index (χ1n) is 8.88. The molecular formula is C20H17ClN4O4.